The predicted octanol–water partition coefficient (Wildman–Crippen LogP) is -0.524. The minimum absolute atomic E-state index is 0.104. The minimum Gasteiger partial charge on any atom is -0.390 e. The summed E-state index contributed by atoms with van der Waals surface area (Å²) in [6.45, 7) is 2.28. The van der Waals surface area contributed by atoms with Crippen molar-refractivity contribution in [2.75, 3.05) is 6.54 Å². The Morgan fingerprint density at radius 1 is 1.69 bits per heavy atom. The maximum atomic E-state index is 11.3. The lowest BCUT2D eigenvalue weighted by atomic mass is 10.3. The second-order valence-corrected chi connectivity index (χ2v) is 3.08. The Balaban J connectivity index is 2.84. The number of rotatable bonds is 3. The molecule has 0 amide bonds. The zero-order valence-electron chi connectivity index (χ0n) is 7.60. The molecule has 1 atom stereocenters. The molecule has 4 heteroatoms. The zero-order chi connectivity index (χ0) is 9.84. The summed E-state index contributed by atoms with van der Waals surface area (Å²) in [5.74, 6) is 0. The van der Waals surface area contributed by atoms with Gasteiger partial charge in [-0.1, -0.05) is 0 Å². The molecule has 0 aliphatic heterocycles. The van der Waals surface area contributed by atoms with Crippen LogP contribution in [0.5, 0.6) is 0 Å². The van der Waals surface area contributed by atoms with E-state index in [1.165, 1.54) is 10.6 Å². The van der Waals surface area contributed by atoms with Crippen molar-refractivity contribution >= 4 is 0 Å². The van der Waals surface area contributed by atoms with Crippen molar-refractivity contribution in [3.8, 4) is 0 Å². The highest BCUT2D eigenvalue weighted by Crippen LogP contribution is 1.92. The molecule has 0 fully saturated rings. The number of aromatic nitrogens is 1. The van der Waals surface area contributed by atoms with Crippen molar-refractivity contribution in [3.05, 3.63) is 34.2 Å². The van der Waals surface area contributed by atoms with Crippen LogP contribution in [0.25, 0.3) is 0 Å². The Hall–Kier alpha value is -1.13. The summed E-state index contributed by atoms with van der Waals surface area (Å²) in [6, 6.07) is 3.36. The summed E-state index contributed by atoms with van der Waals surface area (Å²) in [4.78, 5) is 11.3. The molecule has 1 aromatic heterocycles. The van der Waals surface area contributed by atoms with Crippen LogP contribution in [0, 0.1) is 6.92 Å². The number of nitrogens with two attached hydrogens (primary N) is 1. The van der Waals surface area contributed by atoms with Gasteiger partial charge in [-0.25, -0.2) is 0 Å². The van der Waals surface area contributed by atoms with Crippen molar-refractivity contribution in [1.29, 1.82) is 0 Å². The van der Waals surface area contributed by atoms with Gasteiger partial charge in [-0.2, -0.15) is 0 Å². The second kappa shape index (κ2) is 4.20. The summed E-state index contributed by atoms with van der Waals surface area (Å²) >= 11 is 0. The molecule has 1 unspecified atom stereocenters. The van der Waals surface area contributed by atoms with Gasteiger partial charge in [0.1, 0.15) is 0 Å². The van der Waals surface area contributed by atoms with E-state index in [9.17, 15) is 9.90 Å². The van der Waals surface area contributed by atoms with Crippen molar-refractivity contribution in [1.82, 2.24) is 4.57 Å². The van der Waals surface area contributed by atoms with E-state index in [1.54, 1.807) is 6.20 Å². The maximum absolute atomic E-state index is 11.3. The Morgan fingerprint density at radius 2 is 2.38 bits per heavy atom. The molecular formula is C9H14N2O2. The van der Waals surface area contributed by atoms with E-state index in [2.05, 4.69) is 0 Å². The fraction of sp³-hybridized carbons (Fsp3) is 0.444. The van der Waals surface area contributed by atoms with Crippen LogP contribution in [0.4, 0.5) is 0 Å². The second-order valence-electron chi connectivity index (χ2n) is 3.08. The molecule has 13 heavy (non-hydrogen) atoms. The maximum Gasteiger partial charge on any atom is 0.250 e. The smallest absolute Gasteiger partial charge is 0.250 e. The normalized spacial score (nSPS) is 12.8. The van der Waals surface area contributed by atoms with Gasteiger partial charge >= 0.3 is 0 Å². The standard InChI is InChI=1S/C9H14N2O2/c1-7-2-3-11(9(13)4-7)6-8(12)5-10/h2-4,8,12H,5-6,10H2,1H3. The van der Waals surface area contributed by atoms with Gasteiger partial charge in [0.25, 0.3) is 5.56 Å². The van der Waals surface area contributed by atoms with E-state index in [-0.39, 0.29) is 18.6 Å². The lowest BCUT2D eigenvalue weighted by molar-refractivity contribution is 0.160. The van der Waals surface area contributed by atoms with E-state index in [4.69, 9.17) is 5.73 Å². The van der Waals surface area contributed by atoms with Crippen LogP contribution in [-0.2, 0) is 6.54 Å². The van der Waals surface area contributed by atoms with Crippen LogP contribution < -0.4 is 11.3 Å². The summed E-state index contributed by atoms with van der Waals surface area (Å²) < 4.78 is 1.45. The average molecular weight is 182 g/mol. The minimum atomic E-state index is -0.652. The zero-order valence-corrected chi connectivity index (χ0v) is 7.60. The summed E-state index contributed by atoms with van der Waals surface area (Å²) in [7, 11) is 0. The van der Waals surface area contributed by atoms with E-state index < -0.39 is 6.10 Å². The number of pyridine rings is 1. The van der Waals surface area contributed by atoms with Crippen LogP contribution in [0.15, 0.2) is 23.1 Å². The van der Waals surface area contributed by atoms with Gasteiger partial charge in [0, 0.05) is 18.8 Å². The number of nitrogens with zero attached hydrogens (tertiary/aromatic N) is 1. The van der Waals surface area contributed by atoms with Gasteiger partial charge in [-0.3, -0.25) is 4.79 Å². The number of aliphatic hydroxyl groups is 1. The molecule has 4 nitrogen and oxygen atoms in total. The lowest BCUT2D eigenvalue weighted by Gasteiger charge is -2.09. The van der Waals surface area contributed by atoms with Gasteiger partial charge in [-0.15, -0.1) is 0 Å². The quantitative estimate of drug-likeness (QED) is 0.660. The third kappa shape index (κ3) is 2.68. The van der Waals surface area contributed by atoms with Crippen LogP contribution in [0.1, 0.15) is 5.56 Å². The number of aryl methyl sites for hydroxylation is 1. The lowest BCUT2D eigenvalue weighted by Crippen LogP contribution is -2.30. The number of hydrogen-bond donors (Lipinski definition) is 2. The summed E-state index contributed by atoms with van der Waals surface area (Å²) in [6.07, 6.45) is 1.01. The molecule has 0 radical (unpaired) electrons. The molecule has 1 rings (SSSR count). The molecule has 0 aliphatic rings. The topological polar surface area (TPSA) is 68.2 Å². The van der Waals surface area contributed by atoms with Gasteiger partial charge in [0.2, 0.25) is 0 Å². The van der Waals surface area contributed by atoms with Gasteiger partial charge in [0.05, 0.1) is 12.6 Å². The highest BCUT2D eigenvalue weighted by molar-refractivity contribution is 5.08. The Morgan fingerprint density at radius 3 is 2.92 bits per heavy atom. The Kier molecular flexibility index (Phi) is 3.22. The van der Waals surface area contributed by atoms with Gasteiger partial charge in [-0.05, 0) is 18.6 Å². The summed E-state index contributed by atoms with van der Waals surface area (Å²) in [5, 5.41) is 9.22. The highest BCUT2D eigenvalue weighted by Gasteiger charge is 2.03. The van der Waals surface area contributed by atoms with Crippen molar-refractivity contribution in [2.24, 2.45) is 5.73 Å². The Bertz CT molecular complexity index is 333. The first kappa shape index (κ1) is 9.95. The average Bonchev–Trinajstić information content (AvgIpc) is 2.09. The monoisotopic (exact) mass is 182 g/mol. The van der Waals surface area contributed by atoms with E-state index in [1.807, 2.05) is 13.0 Å². The third-order valence-corrected chi connectivity index (χ3v) is 1.83. The molecule has 0 aliphatic carbocycles. The molecule has 0 bridgehead atoms. The van der Waals surface area contributed by atoms with E-state index in [0.717, 1.165) is 5.56 Å². The molecule has 1 heterocycles. The van der Waals surface area contributed by atoms with Crippen LogP contribution in [0.3, 0.4) is 0 Å². The fourth-order valence-electron chi connectivity index (χ4n) is 1.06. The van der Waals surface area contributed by atoms with Crippen LogP contribution in [0.2, 0.25) is 0 Å². The largest absolute Gasteiger partial charge is 0.390 e. The molecule has 3 N–H and O–H groups in total. The van der Waals surface area contributed by atoms with Crippen molar-refractivity contribution < 1.29 is 5.11 Å². The first-order chi connectivity index (χ1) is 6.13. The molecule has 0 aromatic carbocycles. The summed E-state index contributed by atoms with van der Waals surface area (Å²) in [5.41, 5.74) is 6.05. The van der Waals surface area contributed by atoms with Crippen LogP contribution >= 0.6 is 0 Å². The first-order valence-electron chi connectivity index (χ1n) is 4.18. The molecule has 0 saturated heterocycles. The van der Waals surface area contributed by atoms with Gasteiger partial charge in [0.15, 0.2) is 0 Å². The molecular weight excluding hydrogens is 168 g/mol. The van der Waals surface area contributed by atoms with E-state index in [0.29, 0.717) is 0 Å². The van der Waals surface area contributed by atoms with Crippen molar-refractivity contribution in [3.63, 3.8) is 0 Å². The molecule has 0 saturated carbocycles. The molecule has 1 aromatic rings. The van der Waals surface area contributed by atoms with Crippen molar-refractivity contribution in [2.45, 2.75) is 19.6 Å². The van der Waals surface area contributed by atoms with Gasteiger partial charge < -0.3 is 15.4 Å². The highest BCUT2D eigenvalue weighted by atomic mass is 16.3. The third-order valence-electron chi connectivity index (χ3n) is 1.83. The molecule has 0 spiro atoms. The van der Waals surface area contributed by atoms with Crippen LogP contribution in [-0.4, -0.2) is 22.3 Å². The fourth-order valence-corrected chi connectivity index (χ4v) is 1.06. The SMILES string of the molecule is Cc1ccn(CC(O)CN)c(=O)c1. The van der Waals surface area contributed by atoms with E-state index >= 15 is 0 Å². The number of aliphatic hydroxyl groups excluding tert-OH is 1. The number of hydrogen-bond acceptors (Lipinski definition) is 3. The molecule has 72 valence electrons. The first-order valence-corrected chi connectivity index (χ1v) is 4.18. The Labute approximate surface area is 76.6 Å². The predicted molar refractivity (Wildman–Crippen MR) is 50.5 cm³/mol.